The third-order valence-electron chi connectivity index (χ3n) is 1.00. The molecule has 0 bridgehead atoms. The van der Waals surface area contributed by atoms with E-state index in [4.69, 9.17) is 11.8 Å². The largest absolute Gasteiger partial charge is 0.268 e. The molecule has 0 aliphatic rings. The summed E-state index contributed by atoms with van der Waals surface area (Å²) in [5.41, 5.74) is 1.05. The van der Waals surface area contributed by atoms with Crippen molar-refractivity contribution in [2.24, 2.45) is 0 Å². The van der Waals surface area contributed by atoms with Crippen molar-refractivity contribution in [1.82, 2.24) is 0 Å². The highest BCUT2D eigenvalue weighted by molar-refractivity contribution is 6.04. The van der Waals surface area contributed by atoms with Crippen LogP contribution in [-0.2, 0) is 0 Å². The molecule has 8 heavy (non-hydrogen) atoms. The molecule has 0 radical (unpaired) electrons. The van der Waals surface area contributed by atoms with Crippen LogP contribution in [0.4, 0.5) is 0 Å². The molecule has 0 saturated heterocycles. The van der Waals surface area contributed by atoms with Crippen LogP contribution in [0.3, 0.4) is 0 Å². The number of hydrogen-bond acceptors (Lipinski definition) is 0. The second-order valence-electron chi connectivity index (χ2n) is 1.65. The fourth-order valence-electron chi connectivity index (χ4n) is 0.509. The summed E-state index contributed by atoms with van der Waals surface area (Å²) < 4.78 is 1.56. The quantitative estimate of drug-likeness (QED) is 0.496. The predicted octanol–water partition coefficient (Wildman–Crippen LogP) is 1.28. The molecule has 0 amide bonds. The second kappa shape index (κ2) is 2.14. The van der Waals surface area contributed by atoms with Gasteiger partial charge in [-0.2, -0.15) is 0 Å². The lowest BCUT2D eigenvalue weighted by Crippen LogP contribution is -2.22. The van der Waals surface area contributed by atoms with Crippen molar-refractivity contribution in [3.63, 3.8) is 0 Å². The predicted molar refractivity (Wildman–Crippen MR) is 32.6 cm³/mol. The van der Waals surface area contributed by atoms with Crippen molar-refractivity contribution >= 4 is 11.8 Å². The van der Waals surface area contributed by atoms with E-state index in [0.717, 1.165) is 5.69 Å². The van der Waals surface area contributed by atoms with E-state index in [1.165, 1.54) is 0 Å². The monoisotopic (exact) mass is 128 g/mol. The molecule has 0 atom stereocenters. The standard InChI is InChI=1S/C6H7ClN/c1-6-4-2-3-5-8(6)7/h2-5H,1H3/q+1. The number of halogens is 1. The Labute approximate surface area is 53.6 Å². The lowest BCUT2D eigenvalue weighted by molar-refractivity contribution is -0.527. The zero-order valence-electron chi connectivity index (χ0n) is 4.63. The van der Waals surface area contributed by atoms with E-state index in [-0.39, 0.29) is 0 Å². The van der Waals surface area contributed by atoms with Crippen molar-refractivity contribution < 1.29 is 4.09 Å². The van der Waals surface area contributed by atoms with Crippen molar-refractivity contribution in [1.29, 1.82) is 0 Å². The van der Waals surface area contributed by atoms with Crippen molar-refractivity contribution in [3.8, 4) is 0 Å². The smallest absolute Gasteiger partial charge is 0.0877 e. The summed E-state index contributed by atoms with van der Waals surface area (Å²) in [6, 6.07) is 5.79. The SMILES string of the molecule is Cc1cccc[n+]1Cl. The van der Waals surface area contributed by atoms with Crippen LogP contribution >= 0.6 is 11.8 Å². The molecule has 1 nitrogen and oxygen atoms in total. The van der Waals surface area contributed by atoms with Gasteiger partial charge in [-0.25, -0.2) is 0 Å². The summed E-state index contributed by atoms with van der Waals surface area (Å²) in [6.45, 7) is 1.95. The first kappa shape index (κ1) is 5.57. The topological polar surface area (TPSA) is 3.88 Å². The number of hydrogen-bond donors (Lipinski definition) is 0. The highest BCUT2D eigenvalue weighted by atomic mass is 35.5. The first-order valence-electron chi connectivity index (χ1n) is 2.44. The summed E-state index contributed by atoms with van der Waals surface area (Å²) in [5.74, 6) is 0. The number of aromatic nitrogens is 1. The maximum atomic E-state index is 5.63. The highest BCUT2D eigenvalue weighted by Gasteiger charge is 1.96. The lowest BCUT2D eigenvalue weighted by Gasteiger charge is -1.82. The third kappa shape index (κ3) is 0.984. The Hall–Kier alpha value is -0.560. The van der Waals surface area contributed by atoms with Gasteiger partial charge in [-0.15, -0.1) is 0 Å². The zero-order valence-corrected chi connectivity index (χ0v) is 5.39. The second-order valence-corrected chi connectivity index (χ2v) is 2.02. The van der Waals surface area contributed by atoms with Gasteiger partial charge in [0.2, 0.25) is 5.69 Å². The van der Waals surface area contributed by atoms with Gasteiger partial charge in [-0.3, -0.25) is 0 Å². The van der Waals surface area contributed by atoms with Gasteiger partial charge >= 0.3 is 0 Å². The number of pyridine rings is 1. The van der Waals surface area contributed by atoms with Gasteiger partial charge in [0.1, 0.15) is 0 Å². The van der Waals surface area contributed by atoms with Gasteiger partial charge in [-0.1, -0.05) is 4.09 Å². The third-order valence-corrected chi connectivity index (χ3v) is 1.38. The summed E-state index contributed by atoms with van der Waals surface area (Å²) >= 11 is 5.63. The molecule has 1 heterocycles. The Bertz CT molecular complexity index is 165. The van der Waals surface area contributed by atoms with E-state index < -0.39 is 0 Å². The molecule has 0 aliphatic carbocycles. The van der Waals surface area contributed by atoms with Crippen LogP contribution in [0.25, 0.3) is 0 Å². The van der Waals surface area contributed by atoms with E-state index in [1.54, 1.807) is 10.3 Å². The zero-order chi connectivity index (χ0) is 5.98. The van der Waals surface area contributed by atoms with Crippen LogP contribution in [0.5, 0.6) is 0 Å². The first-order chi connectivity index (χ1) is 3.80. The molecule has 0 aromatic carbocycles. The molecule has 1 aromatic heterocycles. The maximum Gasteiger partial charge on any atom is 0.268 e. The normalized spacial score (nSPS) is 9.25. The molecule has 0 fully saturated rings. The van der Waals surface area contributed by atoms with Crippen LogP contribution in [0.15, 0.2) is 24.4 Å². The summed E-state index contributed by atoms with van der Waals surface area (Å²) in [7, 11) is 0. The van der Waals surface area contributed by atoms with Crippen molar-refractivity contribution in [2.75, 3.05) is 0 Å². The molecular weight excluding hydrogens is 122 g/mol. The molecule has 2 heteroatoms. The lowest BCUT2D eigenvalue weighted by atomic mass is 10.4. The van der Waals surface area contributed by atoms with Crippen LogP contribution in [0.1, 0.15) is 5.69 Å². The Balaban J connectivity index is 3.13. The summed E-state index contributed by atoms with van der Waals surface area (Å²) in [4.78, 5) is 0. The molecule has 0 unspecified atom stereocenters. The molecule has 0 spiro atoms. The van der Waals surface area contributed by atoms with E-state index in [9.17, 15) is 0 Å². The van der Waals surface area contributed by atoms with Crippen LogP contribution in [-0.4, -0.2) is 0 Å². The van der Waals surface area contributed by atoms with Crippen LogP contribution < -0.4 is 4.09 Å². The molecule has 42 valence electrons. The Morgan fingerprint density at radius 3 is 2.62 bits per heavy atom. The Morgan fingerprint density at radius 1 is 1.50 bits per heavy atom. The van der Waals surface area contributed by atoms with Gasteiger partial charge in [0.25, 0.3) is 11.8 Å². The van der Waals surface area contributed by atoms with E-state index in [2.05, 4.69) is 0 Å². The number of nitrogens with zero attached hydrogens (tertiary/aromatic N) is 1. The maximum absolute atomic E-state index is 5.63. The Kier molecular flexibility index (Phi) is 1.49. The first-order valence-corrected chi connectivity index (χ1v) is 2.78. The van der Waals surface area contributed by atoms with Gasteiger partial charge in [0, 0.05) is 19.1 Å². The van der Waals surface area contributed by atoms with Gasteiger partial charge in [0.15, 0.2) is 6.20 Å². The van der Waals surface area contributed by atoms with E-state index in [0.29, 0.717) is 0 Å². The summed E-state index contributed by atoms with van der Waals surface area (Å²) in [6.07, 6.45) is 1.80. The molecule has 1 aromatic rings. The highest BCUT2D eigenvalue weighted by Crippen LogP contribution is 1.86. The van der Waals surface area contributed by atoms with E-state index >= 15 is 0 Å². The van der Waals surface area contributed by atoms with Gasteiger partial charge in [0.05, 0.1) is 0 Å². The average Bonchev–Trinajstić information content (AvgIpc) is 1.77. The minimum absolute atomic E-state index is 1.05. The van der Waals surface area contributed by atoms with Gasteiger partial charge < -0.3 is 0 Å². The van der Waals surface area contributed by atoms with Crippen molar-refractivity contribution in [2.45, 2.75) is 6.92 Å². The summed E-state index contributed by atoms with van der Waals surface area (Å²) in [5, 5.41) is 0. The number of rotatable bonds is 0. The fourth-order valence-corrected chi connectivity index (χ4v) is 0.630. The minimum Gasteiger partial charge on any atom is -0.0877 e. The van der Waals surface area contributed by atoms with Gasteiger partial charge in [-0.05, 0) is 6.07 Å². The number of aryl methyl sites for hydroxylation is 1. The molecule has 0 aliphatic heterocycles. The molecule has 0 N–H and O–H groups in total. The molecular formula is C6H7ClN+. The molecule has 0 saturated carbocycles. The van der Waals surface area contributed by atoms with Crippen LogP contribution in [0, 0.1) is 6.92 Å². The Morgan fingerprint density at radius 2 is 2.25 bits per heavy atom. The average molecular weight is 129 g/mol. The van der Waals surface area contributed by atoms with Crippen LogP contribution in [0.2, 0.25) is 0 Å². The minimum atomic E-state index is 1.05. The molecule has 1 rings (SSSR count). The fraction of sp³-hybridized carbons (Fsp3) is 0.167. The van der Waals surface area contributed by atoms with E-state index in [1.807, 2.05) is 25.1 Å². The van der Waals surface area contributed by atoms with Crippen molar-refractivity contribution in [3.05, 3.63) is 30.1 Å².